The van der Waals surface area contributed by atoms with Crippen LogP contribution in [0.25, 0.3) is 11.2 Å². The summed E-state index contributed by atoms with van der Waals surface area (Å²) in [6.07, 6.45) is 2.73. The highest BCUT2D eigenvalue weighted by molar-refractivity contribution is 5.98. The summed E-state index contributed by atoms with van der Waals surface area (Å²) in [5, 5.41) is 4.55. The van der Waals surface area contributed by atoms with Crippen molar-refractivity contribution in [3.63, 3.8) is 0 Å². The summed E-state index contributed by atoms with van der Waals surface area (Å²) in [5.41, 5.74) is 5.54. The van der Waals surface area contributed by atoms with Crippen molar-refractivity contribution in [2.75, 3.05) is 17.2 Å². The van der Waals surface area contributed by atoms with Crippen molar-refractivity contribution in [3.05, 3.63) is 76.1 Å². The lowest BCUT2D eigenvalue weighted by Gasteiger charge is -2.47. The molecule has 11 heteroatoms. The summed E-state index contributed by atoms with van der Waals surface area (Å²) in [5.74, 6) is -0.807. The summed E-state index contributed by atoms with van der Waals surface area (Å²) < 4.78 is 30.4. The first-order chi connectivity index (χ1) is 15.8. The summed E-state index contributed by atoms with van der Waals surface area (Å²) in [6, 6.07) is 5.94. The van der Waals surface area contributed by atoms with Crippen LogP contribution in [0.2, 0.25) is 0 Å². The van der Waals surface area contributed by atoms with Crippen molar-refractivity contribution < 1.29 is 13.6 Å². The molecule has 4 heterocycles. The Hall–Kier alpha value is -4.15. The molecule has 1 aromatic carbocycles. The van der Waals surface area contributed by atoms with E-state index in [-0.39, 0.29) is 28.7 Å². The molecule has 0 aliphatic carbocycles. The Morgan fingerprint density at radius 2 is 1.91 bits per heavy atom. The van der Waals surface area contributed by atoms with Gasteiger partial charge < -0.3 is 10.6 Å². The van der Waals surface area contributed by atoms with Gasteiger partial charge in [0.2, 0.25) is 5.95 Å². The van der Waals surface area contributed by atoms with Gasteiger partial charge in [0.25, 0.3) is 5.56 Å². The molecule has 2 atom stereocenters. The molecule has 1 aliphatic rings. The van der Waals surface area contributed by atoms with Gasteiger partial charge in [0, 0.05) is 24.9 Å². The third-order valence-electron chi connectivity index (χ3n) is 5.81. The zero-order valence-electron chi connectivity index (χ0n) is 17.7. The number of nitrogens with two attached hydrogens (primary N) is 1. The summed E-state index contributed by atoms with van der Waals surface area (Å²) in [7, 11) is 0. The lowest BCUT2D eigenvalue weighted by molar-refractivity contribution is 0.101. The summed E-state index contributed by atoms with van der Waals surface area (Å²) in [6.45, 7) is 3.87. The summed E-state index contributed by atoms with van der Waals surface area (Å²) in [4.78, 5) is 35.6. The van der Waals surface area contributed by atoms with E-state index >= 15 is 0 Å². The predicted molar refractivity (Wildman–Crippen MR) is 116 cm³/mol. The van der Waals surface area contributed by atoms with E-state index in [1.54, 1.807) is 0 Å². The van der Waals surface area contributed by atoms with Gasteiger partial charge in [-0.05, 0) is 37.3 Å². The minimum atomic E-state index is -0.712. The normalized spacial score (nSPS) is 17.9. The van der Waals surface area contributed by atoms with Crippen LogP contribution in [0.3, 0.4) is 0 Å². The van der Waals surface area contributed by atoms with Crippen LogP contribution in [0.15, 0.2) is 47.5 Å². The van der Waals surface area contributed by atoms with Crippen molar-refractivity contribution in [2.45, 2.75) is 19.9 Å². The maximum atomic E-state index is 14.4. The van der Waals surface area contributed by atoms with Gasteiger partial charge in [-0.1, -0.05) is 6.92 Å². The van der Waals surface area contributed by atoms with E-state index in [1.807, 2.05) is 11.8 Å². The van der Waals surface area contributed by atoms with E-state index in [2.05, 4.69) is 15.1 Å². The number of rotatable bonds is 4. The number of benzene rings is 1. The number of nitrogens with zero attached hydrogens (tertiary/aromatic N) is 6. The van der Waals surface area contributed by atoms with E-state index < -0.39 is 23.2 Å². The van der Waals surface area contributed by atoms with Crippen molar-refractivity contribution in [2.24, 2.45) is 5.92 Å². The number of Topliss-reactive ketones (excluding diaryl/α,β-unsaturated/α-hetero) is 1. The molecule has 3 aromatic heterocycles. The molecule has 4 aromatic rings. The van der Waals surface area contributed by atoms with Gasteiger partial charge >= 0.3 is 0 Å². The SMILES string of the molecule is CC(=O)c1cnc(N)nc1N1CC(C)C1c1nn2ccc(F)c2c(=O)n1-c1ccc(F)cc1. The zero-order chi connectivity index (χ0) is 23.4. The van der Waals surface area contributed by atoms with Gasteiger partial charge in [0.05, 0.1) is 17.3 Å². The number of nitrogen functional groups attached to an aromatic ring is 1. The molecule has 0 amide bonds. The van der Waals surface area contributed by atoms with Crippen molar-refractivity contribution in [1.29, 1.82) is 0 Å². The van der Waals surface area contributed by atoms with Gasteiger partial charge in [0.15, 0.2) is 22.9 Å². The number of hydrogen-bond acceptors (Lipinski definition) is 7. The Morgan fingerprint density at radius 1 is 1.18 bits per heavy atom. The molecule has 2 N–H and O–H groups in total. The van der Waals surface area contributed by atoms with E-state index in [0.717, 1.165) is 6.07 Å². The number of hydrogen-bond donors (Lipinski definition) is 1. The van der Waals surface area contributed by atoms with Crippen LogP contribution in [0, 0.1) is 17.6 Å². The fourth-order valence-electron chi connectivity index (χ4n) is 4.24. The van der Waals surface area contributed by atoms with Crippen LogP contribution in [-0.4, -0.2) is 36.5 Å². The van der Waals surface area contributed by atoms with Crippen LogP contribution >= 0.6 is 0 Å². The van der Waals surface area contributed by atoms with Gasteiger partial charge in [-0.3, -0.25) is 14.2 Å². The van der Waals surface area contributed by atoms with E-state index in [0.29, 0.717) is 23.9 Å². The molecule has 1 saturated heterocycles. The third-order valence-corrected chi connectivity index (χ3v) is 5.81. The van der Waals surface area contributed by atoms with Crippen LogP contribution in [0.4, 0.5) is 20.5 Å². The first-order valence-electron chi connectivity index (χ1n) is 10.2. The van der Waals surface area contributed by atoms with Gasteiger partial charge in [0.1, 0.15) is 11.6 Å². The van der Waals surface area contributed by atoms with Crippen molar-refractivity contribution in [3.8, 4) is 5.69 Å². The average Bonchev–Trinajstić information content (AvgIpc) is 3.13. The lowest BCUT2D eigenvalue weighted by Crippen LogP contribution is -2.52. The first kappa shape index (κ1) is 20.7. The Labute approximate surface area is 186 Å². The van der Waals surface area contributed by atoms with Gasteiger partial charge in [-0.25, -0.2) is 18.3 Å². The molecule has 0 spiro atoms. The highest BCUT2D eigenvalue weighted by atomic mass is 19.1. The molecule has 9 nitrogen and oxygen atoms in total. The average molecular weight is 451 g/mol. The smallest absolute Gasteiger partial charge is 0.285 e. The highest BCUT2D eigenvalue weighted by Gasteiger charge is 2.43. The topological polar surface area (TPSA) is 111 Å². The molecule has 5 rings (SSSR count). The first-order valence-corrected chi connectivity index (χ1v) is 10.2. The number of fused-ring (bicyclic) bond motifs is 1. The lowest BCUT2D eigenvalue weighted by atomic mass is 9.88. The van der Waals surface area contributed by atoms with Gasteiger partial charge in [-0.15, -0.1) is 0 Å². The second-order valence-electron chi connectivity index (χ2n) is 8.03. The van der Waals surface area contributed by atoms with Crippen LogP contribution in [0.1, 0.15) is 36.1 Å². The number of aromatic nitrogens is 5. The Bertz CT molecular complexity index is 1460. The molecule has 168 valence electrons. The second kappa shape index (κ2) is 7.47. The second-order valence-corrected chi connectivity index (χ2v) is 8.03. The van der Waals surface area contributed by atoms with E-state index in [1.165, 1.54) is 52.7 Å². The molecule has 33 heavy (non-hydrogen) atoms. The monoisotopic (exact) mass is 451 g/mol. The fourth-order valence-corrected chi connectivity index (χ4v) is 4.24. The molecule has 1 fully saturated rings. The number of anilines is 2. The fraction of sp³-hybridized carbons (Fsp3) is 0.227. The van der Waals surface area contributed by atoms with Crippen molar-refractivity contribution >= 4 is 23.1 Å². The molecule has 0 saturated carbocycles. The number of halogens is 2. The zero-order valence-corrected chi connectivity index (χ0v) is 17.7. The predicted octanol–water partition coefficient (Wildman–Crippen LogP) is 2.54. The van der Waals surface area contributed by atoms with Crippen molar-refractivity contribution in [1.82, 2.24) is 24.1 Å². The minimum Gasteiger partial charge on any atom is -0.368 e. The Morgan fingerprint density at radius 3 is 2.58 bits per heavy atom. The van der Waals surface area contributed by atoms with Crippen LogP contribution < -0.4 is 16.2 Å². The maximum Gasteiger partial charge on any atom is 0.285 e. The molecular formula is C22H19F2N7O2. The standard InChI is InChI=1S/C22H19F2N7O2/c1-11-10-29(19-15(12(2)32)9-26-22(25)27-19)17(11)20-28-30-8-7-16(24)18(30)21(33)31(20)14-5-3-13(23)4-6-14/h3-9,11,17H,10H2,1-2H3,(H2,25,26,27). The largest absolute Gasteiger partial charge is 0.368 e. The molecule has 0 bridgehead atoms. The van der Waals surface area contributed by atoms with Crippen LogP contribution in [0.5, 0.6) is 0 Å². The Balaban J connectivity index is 1.75. The minimum absolute atomic E-state index is 0.000111. The van der Waals surface area contributed by atoms with Crippen LogP contribution in [-0.2, 0) is 0 Å². The molecule has 0 radical (unpaired) electrons. The quantitative estimate of drug-likeness (QED) is 0.475. The maximum absolute atomic E-state index is 14.4. The van der Waals surface area contributed by atoms with E-state index in [9.17, 15) is 18.4 Å². The highest BCUT2D eigenvalue weighted by Crippen LogP contribution is 2.42. The number of carbonyl (C=O) groups is 1. The molecule has 1 aliphatic heterocycles. The molecular weight excluding hydrogens is 432 g/mol. The number of ketones is 1. The number of carbonyl (C=O) groups excluding carboxylic acids is 1. The summed E-state index contributed by atoms with van der Waals surface area (Å²) >= 11 is 0. The van der Waals surface area contributed by atoms with E-state index in [4.69, 9.17) is 5.73 Å². The Kier molecular flexibility index (Phi) is 4.69. The molecule has 2 unspecified atom stereocenters. The van der Waals surface area contributed by atoms with Gasteiger partial charge in [-0.2, -0.15) is 10.1 Å². The third kappa shape index (κ3) is 3.23.